The van der Waals surface area contributed by atoms with Gasteiger partial charge < -0.3 is 14.8 Å². The van der Waals surface area contributed by atoms with Gasteiger partial charge in [-0.15, -0.1) is 0 Å². The Morgan fingerprint density at radius 3 is 2.61 bits per heavy atom. The number of carbonyl (C=O) groups is 1. The molecule has 0 aliphatic rings. The summed E-state index contributed by atoms with van der Waals surface area (Å²) in [6, 6.07) is 7.09. The molecule has 4 nitrogen and oxygen atoms in total. The number of aromatic hydroxyl groups is 1. The average Bonchev–Trinajstić information content (AvgIpc) is 2.54. The molecule has 0 fully saturated rings. The highest BCUT2D eigenvalue weighted by molar-refractivity contribution is 5.83. The lowest BCUT2D eigenvalue weighted by atomic mass is 9.88. The van der Waals surface area contributed by atoms with Gasteiger partial charge in [-0.1, -0.05) is 0 Å². The number of aromatic nitrogens is 1. The Kier molecular flexibility index (Phi) is 2.81. The van der Waals surface area contributed by atoms with Crippen molar-refractivity contribution in [2.75, 3.05) is 0 Å². The lowest BCUT2D eigenvalue weighted by Gasteiger charge is -2.19. The van der Waals surface area contributed by atoms with Crippen molar-refractivity contribution in [2.45, 2.75) is 20.3 Å². The largest absolute Gasteiger partial charge is 0.508 e. The molecule has 4 heteroatoms. The standard InChI is InChI=1S/C14H17NO3/c1-14(2,13(17)18)8-10-6-9-7-11(16)4-5-12(9)15(10)3/h4-7,16H,8H2,1-3H3,(H,17,18). The second kappa shape index (κ2) is 4.05. The van der Waals surface area contributed by atoms with E-state index in [1.54, 1.807) is 26.0 Å². The number of carboxylic acid groups (broad SMARTS) is 1. The van der Waals surface area contributed by atoms with Crippen molar-refractivity contribution in [3.63, 3.8) is 0 Å². The third kappa shape index (κ3) is 2.06. The topological polar surface area (TPSA) is 62.5 Å². The molecule has 1 heterocycles. The average molecular weight is 247 g/mol. The second-order valence-electron chi connectivity index (χ2n) is 5.30. The van der Waals surface area contributed by atoms with Crippen LogP contribution in [0.4, 0.5) is 0 Å². The molecule has 1 aromatic heterocycles. The summed E-state index contributed by atoms with van der Waals surface area (Å²) in [6.45, 7) is 3.43. The number of rotatable bonds is 3. The van der Waals surface area contributed by atoms with E-state index in [2.05, 4.69) is 0 Å². The van der Waals surface area contributed by atoms with Crippen LogP contribution in [0.2, 0.25) is 0 Å². The number of carboxylic acids is 1. The summed E-state index contributed by atoms with van der Waals surface area (Å²) < 4.78 is 1.97. The van der Waals surface area contributed by atoms with Crippen molar-refractivity contribution < 1.29 is 15.0 Å². The molecule has 2 aromatic rings. The van der Waals surface area contributed by atoms with E-state index in [0.29, 0.717) is 6.42 Å². The first-order valence-corrected chi connectivity index (χ1v) is 5.82. The van der Waals surface area contributed by atoms with Crippen molar-refractivity contribution in [1.29, 1.82) is 0 Å². The highest BCUT2D eigenvalue weighted by Crippen LogP contribution is 2.28. The van der Waals surface area contributed by atoms with Crippen LogP contribution in [0.25, 0.3) is 10.9 Å². The van der Waals surface area contributed by atoms with Crippen LogP contribution in [0, 0.1) is 5.41 Å². The van der Waals surface area contributed by atoms with Crippen LogP contribution in [-0.2, 0) is 18.3 Å². The van der Waals surface area contributed by atoms with Gasteiger partial charge in [0.2, 0.25) is 0 Å². The number of aryl methyl sites for hydroxylation is 1. The Labute approximate surface area is 105 Å². The monoisotopic (exact) mass is 247 g/mol. The SMILES string of the molecule is Cn1c(CC(C)(C)C(=O)O)cc2cc(O)ccc21. The van der Waals surface area contributed by atoms with E-state index < -0.39 is 11.4 Å². The molecule has 96 valence electrons. The Bertz CT molecular complexity index is 611. The van der Waals surface area contributed by atoms with Crippen LogP contribution < -0.4 is 0 Å². The molecule has 1 aromatic carbocycles. The molecule has 0 saturated heterocycles. The zero-order valence-corrected chi connectivity index (χ0v) is 10.8. The van der Waals surface area contributed by atoms with E-state index in [1.165, 1.54) is 0 Å². The van der Waals surface area contributed by atoms with E-state index >= 15 is 0 Å². The summed E-state index contributed by atoms with van der Waals surface area (Å²) in [7, 11) is 1.91. The zero-order valence-electron chi connectivity index (χ0n) is 10.8. The van der Waals surface area contributed by atoms with Crippen LogP contribution in [0.15, 0.2) is 24.3 Å². The third-order valence-corrected chi connectivity index (χ3v) is 3.33. The first-order valence-electron chi connectivity index (χ1n) is 5.82. The van der Waals surface area contributed by atoms with E-state index in [9.17, 15) is 9.90 Å². The number of aliphatic carboxylic acids is 1. The van der Waals surface area contributed by atoms with Crippen molar-refractivity contribution in [2.24, 2.45) is 12.5 Å². The number of hydrogen-bond donors (Lipinski definition) is 2. The smallest absolute Gasteiger partial charge is 0.309 e. The van der Waals surface area contributed by atoms with Crippen LogP contribution in [-0.4, -0.2) is 20.7 Å². The van der Waals surface area contributed by atoms with Crippen LogP contribution in [0.1, 0.15) is 19.5 Å². The van der Waals surface area contributed by atoms with Crippen molar-refractivity contribution in [1.82, 2.24) is 4.57 Å². The molecular weight excluding hydrogens is 230 g/mol. The van der Waals surface area contributed by atoms with Gasteiger partial charge in [0.15, 0.2) is 0 Å². The Balaban J connectivity index is 2.46. The Hall–Kier alpha value is -1.97. The minimum absolute atomic E-state index is 0.220. The number of nitrogens with zero attached hydrogens (tertiary/aromatic N) is 1. The maximum atomic E-state index is 11.2. The maximum Gasteiger partial charge on any atom is 0.309 e. The predicted octanol–water partition coefficient (Wildman–Crippen LogP) is 2.54. The first kappa shape index (κ1) is 12.5. The van der Waals surface area contributed by atoms with Gasteiger partial charge in [-0.25, -0.2) is 0 Å². The molecular formula is C14H17NO3. The summed E-state index contributed by atoms with van der Waals surface area (Å²) in [6.07, 6.45) is 0.453. The highest BCUT2D eigenvalue weighted by Gasteiger charge is 2.28. The molecule has 18 heavy (non-hydrogen) atoms. The Morgan fingerprint density at radius 2 is 2.00 bits per heavy atom. The summed E-state index contributed by atoms with van der Waals surface area (Å²) in [4.78, 5) is 11.2. The molecule has 2 N–H and O–H groups in total. The van der Waals surface area contributed by atoms with Crippen molar-refractivity contribution in [3.8, 4) is 5.75 Å². The predicted molar refractivity (Wildman–Crippen MR) is 69.7 cm³/mol. The third-order valence-electron chi connectivity index (χ3n) is 3.33. The molecule has 2 rings (SSSR count). The molecule has 0 radical (unpaired) electrons. The minimum atomic E-state index is -0.810. The van der Waals surface area contributed by atoms with Gasteiger partial charge in [-0.05, 0) is 38.1 Å². The summed E-state index contributed by atoms with van der Waals surface area (Å²) in [5.74, 6) is -0.590. The van der Waals surface area contributed by atoms with Gasteiger partial charge in [-0.2, -0.15) is 0 Å². The first-order chi connectivity index (χ1) is 8.31. The zero-order chi connectivity index (χ0) is 13.5. The highest BCUT2D eigenvalue weighted by atomic mass is 16.4. The fourth-order valence-electron chi connectivity index (χ4n) is 2.09. The van der Waals surface area contributed by atoms with Gasteiger partial charge in [0.05, 0.1) is 5.41 Å². The van der Waals surface area contributed by atoms with Crippen LogP contribution in [0.5, 0.6) is 5.75 Å². The van der Waals surface area contributed by atoms with Gasteiger partial charge in [-0.3, -0.25) is 4.79 Å². The van der Waals surface area contributed by atoms with E-state index in [1.807, 2.05) is 23.7 Å². The molecule has 0 bridgehead atoms. The van der Waals surface area contributed by atoms with Crippen LogP contribution in [0.3, 0.4) is 0 Å². The minimum Gasteiger partial charge on any atom is -0.508 e. The van der Waals surface area contributed by atoms with E-state index in [4.69, 9.17) is 5.11 Å². The van der Waals surface area contributed by atoms with Crippen molar-refractivity contribution in [3.05, 3.63) is 30.0 Å². The number of phenols is 1. The van der Waals surface area contributed by atoms with E-state index in [-0.39, 0.29) is 5.75 Å². The molecule has 0 spiro atoms. The lowest BCUT2D eigenvalue weighted by molar-refractivity contribution is -0.146. The molecule has 0 unspecified atom stereocenters. The van der Waals surface area contributed by atoms with Gasteiger partial charge in [0.1, 0.15) is 5.75 Å². The number of fused-ring (bicyclic) bond motifs is 1. The number of phenolic OH excluding ortho intramolecular Hbond substituents is 1. The molecule has 0 aliphatic carbocycles. The summed E-state index contributed by atoms with van der Waals surface area (Å²) in [5.41, 5.74) is 1.14. The molecule has 0 amide bonds. The normalized spacial score (nSPS) is 11.9. The van der Waals surface area contributed by atoms with Gasteiger partial charge in [0, 0.05) is 30.1 Å². The van der Waals surface area contributed by atoms with Crippen molar-refractivity contribution >= 4 is 16.9 Å². The Morgan fingerprint density at radius 1 is 1.33 bits per heavy atom. The lowest BCUT2D eigenvalue weighted by Crippen LogP contribution is -2.27. The molecule has 0 atom stereocenters. The summed E-state index contributed by atoms with van der Waals surface area (Å²) >= 11 is 0. The summed E-state index contributed by atoms with van der Waals surface area (Å²) in [5, 5.41) is 19.5. The number of benzene rings is 1. The molecule has 0 aliphatic heterocycles. The van der Waals surface area contributed by atoms with Crippen LogP contribution >= 0.6 is 0 Å². The maximum absolute atomic E-state index is 11.2. The van der Waals surface area contributed by atoms with Gasteiger partial charge in [0.25, 0.3) is 0 Å². The fourth-order valence-corrected chi connectivity index (χ4v) is 2.09. The second-order valence-corrected chi connectivity index (χ2v) is 5.30. The van der Waals surface area contributed by atoms with E-state index in [0.717, 1.165) is 16.6 Å². The number of hydrogen-bond acceptors (Lipinski definition) is 2. The van der Waals surface area contributed by atoms with Gasteiger partial charge >= 0.3 is 5.97 Å². The quantitative estimate of drug-likeness (QED) is 0.876. The fraction of sp³-hybridized carbons (Fsp3) is 0.357. The molecule has 0 saturated carbocycles.